The summed E-state index contributed by atoms with van der Waals surface area (Å²) in [7, 11) is 1.60. The van der Waals surface area contributed by atoms with E-state index in [-0.39, 0.29) is 18.4 Å². The SMILES string of the molecule is COc1ccc(OCCNC(=O)CNC(=O)c2cccnc2)cc1. The molecule has 0 unspecified atom stereocenters. The lowest BCUT2D eigenvalue weighted by Gasteiger charge is -2.09. The molecule has 1 heterocycles. The molecule has 0 atom stereocenters. The molecule has 0 spiro atoms. The number of aromatic nitrogens is 1. The van der Waals surface area contributed by atoms with Crippen LogP contribution in [0.1, 0.15) is 10.4 Å². The predicted octanol–water partition coefficient (Wildman–Crippen LogP) is 1.02. The standard InChI is InChI=1S/C17H19N3O4/c1-23-14-4-6-15(7-5-14)24-10-9-19-16(21)12-20-17(22)13-3-2-8-18-11-13/h2-8,11H,9-10,12H2,1H3,(H,19,21)(H,20,22). The van der Waals surface area contributed by atoms with Gasteiger partial charge in [0.1, 0.15) is 18.1 Å². The molecule has 0 bridgehead atoms. The lowest BCUT2D eigenvalue weighted by molar-refractivity contribution is -0.120. The second-order valence-electron chi connectivity index (χ2n) is 4.80. The van der Waals surface area contributed by atoms with Crippen LogP contribution in [0.25, 0.3) is 0 Å². The molecule has 7 heteroatoms. The minimum atomic E-state index is -0.340. The van der Waals surface area contributed by atoms with E-state index in [0.29, 0.717) is 24.5 Å². The van der Waals surface area contributed by atoms with E-state index in [1.54, 1.807) is 49.7 Å². The minimum Gasteiger partial charge on any atom is -0.497 e. The Morgan fingerprint density at radius 2 is 1.83 bits per heavy atom. The van der Waals surface area contributed by atoms with Crippen LogP contribution in [0.2, 0.25) is 0 Å². The molecular weight excluding hydrogens is 310 g/mol. The van der Waals surface area contributed by atoms with Crippen LogP contribution in [0.15, 0.2) is 48.8 Å². The molecule has 0 aliphatic rings. The van der Waals surface area contributed by atoms with Gasteiger partial charge in [-0.15, -0.1) is 0 Å². The number of pyridine rings is 1. The summed E-state index contributed by atoms with van der Waals surface area (Å²) in [5, 5.41) is 5.19. The van der Waals surface area contributed by atoms with Gasteiger partial charge in [-0.3, -0.25) is 14.6 Å². The average molecular weight is 329 g/mol. The molecular formula is C17H19N3O4. The molecule has 2 aromatic rings. The first-order valence-corrected chi connectivity index (χ1v) is 7.41. The first-order chi connectivity index (χ1) is 11.7. The van der Waals surface area contributed by atoms with Gasteiger partial charge < -0.3 is 20.1 Å². The van der Waals surface area contributed by atoms with Crippen LogP contribution in [0.4, 0.5) is 0 Å². The highest BCUT2D eigenvalue weighted by atomic mass is 16.5. The summed E-state index contributed by atoms with van der Waals surface area (Å²) >= 11 is 0. The number of amides is 2. The summed E-state index contributed by atoms with van der Waals surface area (Å²) in [6.45, 7) is 0.568. The first-order valence-electron chi connectivity index (χ1n) is 7.41. The highest BCUT2D eigenvalue weighted by Crippen LogP contribution is 2.16. The molecule has 126 valence electrons. The fourth-order valence-corrected chi connectivity index (χ4v) is 1.85. The summed E-state index contributed by atoms with van der Waals surface area (Å²) in [4.78, 5) is 27.3. The molecule has 0 aliphatic carbocycles. The van der Waals surface area contributed by atoms with Crippen molar-refractivity contribution in [3.63, 3.8) is 0 Å². The van der Waals surface area contributed by atoms with E-state index >= 15 is 0 Å². The smallest absolute Gasteiger partial charge is 0.253 e. The highest BCUT2D eigenvalue weighted by molar-refractivity contribution is 5.96. The Morgan fingerprint density at radius 3 is 2.50 bits per heavy atom. The third-order valence-corrected chi connectivity index (χ3v) is 3.09. The number of nitrogens with one attached hydrogen (secondary N) is 2. The Bertz CT molecular complexity index is 659. The van der Waals surface area contributed by atoms with Gasteiger partial charge in [0.2, 0.25) is 5.91 Å². The molecule has 24 heavy (non-hydrogen) atoms. The minimum absolute atomic E-state index is 0.101. The maximum atomic E-state index is 11.8. The number of carbonyl (C=O) groups excluding carboxylic acids is 2. The van der Waals surface area contributed by atoms with Crippen molar-refractivity contribution in [1.29, 1.82) is 0 Å². The maximum Gasteiger partial charge on any atom is 0.253 e. The molecule has 2 rings (SSSR count). The Hall–Kier alpha value is -3.09. The maximum absolute atomic E-state index is 11.8. The number of benzene rings is 1. The van der Waals surface area contributed by atoms with E-state index in [2.05, 4.69) is 15.6 Å². The van der Waals surface area contributed by atoms with E-state index in [4.69, 9.17) is 9.47 Å². The van der Waals surface area contributed by atoms with Crippen LogP contribution in [0.5, 0.6) is 11.5 Å². The van der Waals surface area contributed by atoms with Crippen LogP contribution >= 0.6 is 0 Å². The Labute approximate surface area is 140 Å². The van der Waals surface area contributed by atoms with Gasteiger partial charge in [0, 0.05) is 12.4 Å². The van der Waals surface area contributed by atoms with Gasteiger partial charge >= 0.3 is 0 Å². The largest absolute Gasteiger partial charge is 0.497 e. The van der Waals surface area contributed by atoms with Crippen molar-refractivity contribution in [2.75, 3.05) is 26.8 Å². The second kappa shape index (κ2) is 9.14. The zero-order valence-electron chi connectivity index (χ0n) is 13.3. The van der Waals surface area contributed by atoms with Crippen molar-refractivity contribution < 1.29 is 19.1 Å². The fourth-order valence-electron chi connectivity index (χ4n) is 1.85. The molecule has 0 saturated carbocycles. The van der Waals surface area contributed by atoms with E-state index in [1.807, 2.05) is 0 Å². The number of carbonyl (C=O) groups is 2. The van der Waals surface area contributed by atoms with Gasteiger partial charge in [-0.2, -0.15) is 0 Å². The van der Waals surface area contributed by atoms with Crippen LogP contribution < -0.4 is 20.1 Å². The van der Waals surface area contributed by atoms with Crippen molar-refractivity contribution >= 4 is 11.8 Å². The zero-order valence-corrected chi connectivity index (χ0v) is 13.3. The third-order valence-electron chi connectivity index (χ3n) is 3.09. The van der Waals surface area contributed by atoms with Gasteiger partial charge in [-0.1, -0.05) is 0 Å². The Morgan fingerprint density at radius 1 is 1.08 bits per heavy atom. The molecule has 1 aromatic carbocycles. The zero-order chi connectivity index (χ0) is 17.2. The summed E-state index contributed by atoms with van der Waals surface area (Å²) in [6, 6.07) is 10.4. The number of rotatable bonds is 8. The van der Waals surface area contributed by atoms with Gasteiger partial charge in [-0.25, -0.2) is 0 Å². The molecule has 1 aromatic heterocycles. The predicted molar refractivity (Wildman–Crippen MR) is 88.1 cm³/mol. The van der Waals surface area contributed by atoms with Gasteiger partial charge in [0.25, 0.3) is 5.91 Å². The number of hydrogen-bond donors (Lipinski definition) is 2. The Kier molecular flexibility index (Phi) is 6.58. The van der Waals surface area contributed by atoms with Crippen molar-refractivity contribution in [3.8, 4) is 11.5 Å². The van der Waals surface area contributed by atoms with E-state index in [9.17, 15) is 9.59 Å². The van der Waals surface area contributed by atoms with Gasteiger partial charge in [0.05, 0.1) is 25.8 Å². The number of methoxy groups -OCH3 is 1. The first kappa shape index (κ1) is 17.3. The molecule has 0 saturated heterocycles. The molecule has 0 aliphatic heterocycles. The van der Waals surface area contributed by atoms with Crippen LogP contribution in [-0.4, -0.2) is 43.6 Å². The van der Waals surface area contributed by atoms with Gasteiger partial charge in [-0.05, 0) is 36.4 Å². The number of nitrogens with zero attached hydrogens (tertiary/aromatic N) is 1. The monoisotopic (exact) mass is 329 g/mol. The Balaban J connectivity index is 1.62. The summed E-state index contributed by atoms with van der Waals surface area (Å²) < 4.78 is 10.5. The van der Waals surface area contributed by atoms with E-state index in [0.717, 1.165) is 5.75 Å². The summed E-state index contributed by atoms with van der Waals surface area (Å²) in [6.07, 6.45) is 3.02. The number of hydrogen-bond acceptors (Lipinski definition) is 5. The summed E-state index contributed by atoms with van der Waals surface area (Å²) in [5.74, 6) is 0.813. The molecule has 2 amide bonds. The molecule has 0 radical (unpaired) electrons. The van der Waals surface area contributed by atoms with Crippen molar-refractivity contribution in [2.45, 2.75) is 0 Å². The lowest BCUT2D eigenvalue weighted by atomic mass is 10.3. The second-order valence-corrected chi connectivity index (χ2v) is 4.80. The van der Waals surface area contributed by atoms with Crippen molar-refractivity contribution in [1.82, 2.24) is 15.6 Å². The molecule has 7 nitrogen and oxygen atoms in total. The van der Waals surface area contributed by atoms with Crippen molar-refractivity contribution in [3.05, 3.63) is 54.4 Å². The molecule has 0 fully saturated rings. The van der Waals surface area contributed by atoms with Crippen LogP contribution in [0.3, 0.4) is 0 Å². The van der Waals surface area contributed by atoms with Crippen LogP contribution in [-0.2, 0) is 4.79 Å². The normalized spacial score (nSPS) is 9.88. The topological polar surface area (TPSA) is 89.5 Å². The number of ether oxygens (including phenoxy) is 2. The van der Waals surface area contributed by atoms with E-state index in [1.165, 1.54) is 6.20 Å². The average Bonchev–Trinajstić information content (AvgIpc) is 2.64. The highest BCUT2D eigenvalue weighted by Gasteiger charge is 2.07. The fraction of sp³-hybridized carbons (Fsp3) is 0.235. The van der Waals surface area contributed by atoms with Gasteiger partial charge in [0.15, 0.2) is 0 Å². The van der Waals surface area contributed by atoms with Crippen molar-refractivity contribution in [2.24, 2.45) is 0 Å². The lowest BCUT2D eigenvalue weighted by Crippen LogP contribution is -2.38. The van der Waals surface area contributed by atoms with Crippen LogP contribution in [0, 0.1) is 0 Å². The summed E-state index contributed by atoms with van der Waals surface area (Å²) in [5.41, 5.74) is 0.410. The van der Waals surface area contributed by atoms with E-state index < -0.39 is 0 Å². The molecule has 2 N–H and O–H groups in total. The quantitative estimate of drug-likeness (QED) is 0.706. The third kappa shape index (κ3) is 5.60.